The second-order valence-corrected chi connectivity index (χ2v) is 3.68. The van der Waals surface area contributed by atoms with Crippen LogP contribution in [-0.2, 0) is 28.7 Å². The van der Waals surface area contributed by atoms with E-state index in [0.29, 0.717) is 11.7 Å². The minimum atomic E-state index is -0.823. The minimum absolute atomic E-state index is 0.0521. The summed E-state index contributed by atoms with van der Waals surface area (Å²) in [5, 5.41) is 3.84. The molecule has 0 aromatic heterocycles. The standard InChI is InChI=1S/C10H15N4O6/c11-13-12-3-4-18-5-6-19-7-10(17)20-14-8(15)1-2-9(14)16/h11H,1-7H2/q+1. The highest BCUT2D eigenvalue weighted by Gasteiger charge is 2.32. The maximum atomic E-state index is 11.3. The van der Waals surface area contributed by atoms with Gasteiger partial charge in [0.2, 0.25) is 4.91 Å². The highest BCUT2D eigenvalue weighted by atomic mass is 16.7. The molecule has 1 heterocycles. The Kier molecular flexibility index (Phi) is 7.04. The van der Waals surface area contributed by atoms with Crippen molar-refractivity contribution in [1.82, 2.24) is 9.97 Å². The lowest BCUT2D eigenvalue weighted by atomic mass is 10.4. The summed E-state index contributed by atoms with van der Waals surface area (Å²) in [6.45, 7) is 0.585. The molecule has 1 N–H and O–H groups in total. The third kappa shape index (κ3) is 5.65. The lowest BCUT2D eigenvalue weighted by Gasteiger charge is -2.12. The van der Waals surface area contributed by atoms with Crippen molar-refractivity contribution in [3.05, 3.63) is 0 Å². The van der Waals surface area contributed by atoms with Gasteiger partial charge in [0.1, 0.15) is 23.8 Å². The average molecular weight is 287 g/mol. The molecule has 0 aliphatic carbocycles. The second-order valence-electron chi connectivity index (χ2n) is 3.68. The fraction of sp³-hybridized carbons (Fsp3) is 0.700. The Balaban J connectivity index is 2.04. The normalized spacial score (nSPS) is 14.3. The summed E-state index contributed by atoms with van der Waals surface area (Å²) in [4.78, 5) is 41.0. The Morgan fingerprint density at radius 1 is 1.20 bits per heavy atom. The van der Waals surface area contributed by atoms with E-state index in [4.69, 9.17) is 15.0 Å². The van der Waals surface area contributed by atoms with Gasteiger partial charge in [0.05, 0.1) is 19.8 Å². The van der Waals surface area contributed by atoms with Crippen LogP contribution in [0.1, 0.15) is 12.8 Å². The summed E-state index contributed by atoms with van der Waals surface area (Å²) in [6.07, 6.45) is 0.104. The molecule has 0 bridgehead atoms. The number of rotatable bonds is 9. The number of carbonyl (C=O) groups excluding carboxylic acids is 3. The van der Waals surface area contributed by atoms with Gasteiger partial charge in [0.25, 0.3) is 11.8 Å². The maximum absolute atomic E-state index is 11.3. The van der Waals surface area contributed by atoms with Crippen LogP contribution < -0.4 is 4.91 Å². The molecule has 0 unspecified atom stereocenters. The molecule has 0 aromatic rings. The van der Waals surface area contributed by atoms with Crippen LogP contribution in [0.5, 0.6) is 0 Å². The van der Waals surface area contributed by atoms with Crippen molar-refractivity contribution in [3.8, 4) is 0 Å². The molecule has 1 rings (SSSR count). The molecule has 1 aliphatic rings. The SMILES string of the molecule is N=[N+]=NCCOCCOCC(=O)ON1C(=O)CCC1=O. The number of ether oxygens (including phenoxy) is 2. The van der Waals surface area contributed by atoms with Crippen molar-refractivity contribution < 1.29 is 28.7 Å². The van der Waals surface area contributed by atoms with E-state index < -0.39 is 17.8 Å². The van der Waals surface area contributed by atoms with E-state index in [1.807, 2.05) is 0 Å². The van der Waals surface area contributed by atoms with Crippen LogP contribution in [-0.4, -0.2) is 55.8 Å². The number of hydroxylamine groups is 2. The first kappa shape index (κ1) is 15.9. The predicted molar refractivity (Wildman–Crippen MR) is 61.0 cm³/mol. The Hall–Kier alpha value is -2.16. The number of hydrogen-bond acceptors (Lipinski definition) is 8. The van der Waals surface area contributed by atoms with Crippen molar-refractivity contribution in [1.29, 1.82) is 5.53 Å². The Morgan fingerprint density at radius 3 is 2.50 bits per heavy atom. The summed E-state index contributed by atoms with van der Waals surface area (Å²) in [5.74, 6) is -1.89. The number of amides is 2. The zero-order chi connectivity index (χ0) is 14.8. The van der Waals surface area contributed by atoms with Crippen LogP contribution in [0.3, 0.4) is 0 Å². The molecule has 110 valence electrons. The van der Waals surface area contributed by atoms with Crippen molar-refractivity contribution in [2.75, 3.05) is 33.0 Å². The molecule has 20 heavy (non-hydrogen) atoms. The first-order valence-corrected chi connectivity index (χ1v) is 5.90. The van der Waals surface area contributed by atoms with Crippen LogP contribution >= 0.6 is 0 Å². The molecule has 0 atom stereocenters. The smallest absolute Gasteiger partial charge is 0.358 e. The van der Waals surface area contributed by atoms with Crippen molar-refractivity contribution in [2.24, 2.45) is 5.11 Å². The van der Waals surface area contributed by atoms with Gasteiger partial charge in [-0.2, -0.15) is 0 Å². The first-order chi connectivity index (χ1) is 9.65. The Morgan fingerprint density at radius 2 is 1.85 bits per heavy atom. The molecule has 10 nitrogen and oxygen atoms in total. The van der Waals surface area contributed by atoms with Gasteiger partial charge in [-0.05, 0) is 0 Å². The molecule has 1 saturated heterocycles. The zero-order valence-electron chi connectivity index (χ0n) is 10.7. The quantitative estimate of drug-likeness (QED) is 0.255. The van der Waals surface area contributed by atoms with E-state index in [1.165, 1.54) is 0 Å². The van der Waals surface area contributed by atoms with E-state index in [2.05, 4.69) is 14.9 Å². The van der Waals surface area contributed by atoms with Gasteiger partial charge in [-0.1, -0.05) is 0 Å². The number of nitrogens with one attached hydrogen (secondary N) is 1. The monoisotopic (exact) mass is 287 g/mol. The first-order valence-electron chi connectivity index (χ1n) is 5.90. The zero-order valence-corrected chi connectivity index (χ0v) is 10.7. The average Bonchev–Trinajstić information content (AvgIpc) is 2.73. The molecule has 10 heteroatoms. The fourth-order valence-corrected chi connectivity index (χ4v) is 1.32. The Bertz CT molecular complexity index is 404. The summed E-state index contributed by atoms with van der Waals surface area (Å²) in [5.41, 5.74) is 6.39. The summed E-state index contributed by atoms with van der Waals surface area (Å²) in [6, 6.07) is 0. The number of carbonyl (C=O) groups is 3. The van der Waals surface area contributed by atoms with Gasteiger partial charge < -0.3 is 14.3 Å². The van der Waals surface area contributed by atoms with Gasteiger partial charge in [-0.25, -0.2) is 4.79 Å². The number of hydrogen-bond donors (Lipinski definition) is 1. The third-order valence-electron chi connectivity index (χ3n) is 2.20. The molecular weight excluding hydrogens is 272 g/mol. The highest BCUT2D eigenvalue weighted by molar-refractivity contribution is 6.01. The van der Waals surface area contributed by atoms with Crippen LogP contribution in [0, 0.1) is 5.53 Å². The van der Waals surface area contributed by atoms with Gasteiger partial charge in [-0.15, -0.1) is 5.06 Å². The molecule has 0 aromatic carbocycles. The highest BCUT2D eigenvalue weighted by Crippen LogP contribution is 2.11. The van der Waals surface area contributed by atoms with E-state index in [1.54, 1.807) is 0 Å². The van der Waals surface area contributed by atoms with E-state index in [0.717, 1.165) is 0 Å². The maximum Gasteiger partial charge on any atom is 0.358 e. The summed E-state index contributed by atoms with van der Waals surface area (Å²) >= 11 is 0. The summed E-state index contributed by atoms with van der Waals surface area (Å²) in [7, 11) is 0. The van der Waals surface area contributed by atoms with E-state index in [9.17, 15) is 14.4 Å². The largest absolute Gasteiger partial charge is 0.377 e. The van der Waals surface area contributed by atoms with Gasteiger partial charge in [0.15, 0.2) is 0 Å². The second kappa shape index (κ2) is 8.86. The molecule has 0 spiro atoms. The van der Waals surface area contributed by atoms with Gasteiger partial charge >= 0.3 is 5.97 Å². The molecule has 2 amide bonds. The number of nitrogens with zero attached hydrogens (tertiary/aromatic N) is 3. The van der Waals surface area contributed by atoms with Crippen molar-refractivity contribution in [3.63, 3.8) is 0 Å². The topological polar surface area (TPSA) is 132 Å². The molecule has 1 aliphatic heterocycles. The number of imide groups is 1. The molecule has 0 radical (unpaired) electrons. The van der Waals surface area contributed by atoms with E-state index >= 15 is 0 Å². The molecular formula is C10H15N4O6+. The Labute approximate surface area is 114 Å². The lowest BCUT2D eigenvalue weighted by Crippen LogP contribution is -2.33. The summed E-state index contributed by atoms with van der Waals surface area (Å²) < 4.78 is 10.00. The predicted octanol–water partition coefficient (Wildman–Crippen LogP) is -0.823. The van der Waals surface area contributed by atoms with Gasteiger partial charge in [-0.3, -0.25) is 9.59 Å². The van der Waals surface area contributed by atoms with E-state index in [-0.39, 0.29) is 39.2 Å². The fourth-order valence-electron chi connectivity index (χ4n) is 1.32. The van der Waals surface area contributed by atoms with Crippen molar-refractivity contribution >= 4 is 17.8 Å². The molecule has 1 fully saturated rings. The van der Waals surface area contributed by atoms with Crippen LogP contribution in [0.15, 0.2) is 5.11 Å². The molecule has 0 saturated carbocycles. The lowest BCUT2D eigenvalue weighted by molar-refractivity contribution is -0.200. The van der Waals surface area contributed by atoms with Crippen LogP contribution in [0.4, 0.5) is 0 Å². The van der Waals surface area contributed by atoms with Crippen LogP contribution in [0.2, 0.25) is 0 Å². The van der Waals surface area contributed by atoms with Crippen molar-refractivity contribution in [2.45, 2.75) is 12.8 Å². The minimum Gasteiger partial charge on any atom is -0.377 e. The third-order valence-corrected chi connectivity index (χ3v) is 2.20. The van der Waals surface area contributed by atoms with Crippen LogP contribution in [0.25, 0.3) is 0 Å². The van der Waals surface area contributed by atoms with Gasteiger partial charge in [0, 0.05) is 12.8 Å².